The van der Waals surface area contributed by atoms with Gasteiger partial charge in [0, 0.05) is 42.0 Å². The van der Waals surface area contributed by atoms with Gasteiger partial charge < -0.3 is 39.2 Å². The molecule has 0 radical (unpaired) electrons. The van der Waals surface area contributed by atoms with E-state index in [0.717, 1.165) is 35.2 Å². The average molecular weight is 577 g/mol. The maximum atomic E-state index is 14.7. The molecule has 15 heteroatoms. The van der Waals surface area contributed by atoms with Crippen LogP contribution in [0.4, 0.5) is 20.3 Å². The molecule has 0 saturated heterocycles. The largest absolute Gasteiger partial charge is 0.790 e. The fraction of sp³-hybridized carbons (Fsp3) is 0.0417. The molecule has 3 N–H and O–H groups in total. The zero-order valence-electron chi connectivity index (χ0n) is 19.5. The summed E-state index contributed by atoms with van der Waals surface area (Å²) in [7, 11) is -5.39. The Bertz CT molecular complexity index is 1660. The van der Waals surface area contributed by atoms with Crippen molar-refractivity contribution in [2.45, 2.75) is 6.73 Å². The number of anilines is 2. The molecule has 0 fully saturated rings. The predicted molar refractivity (Wildman–Crippen MR) is 133 cm³/mol. The maximum absolute atomic E-state index is 14.7. The first-order chi connectivity index (χ1) is 18.4. The van der Waals surface area contributed by atoms with Crippen LogP contribution < -0.4 is 31.0 Å². The molecule has 2 aromatic carbocycles. The summed E-state index contributed by atoms with van der Waals surface area (Å²) in [4.78, 5) is 51.7. The summed E-state index contributed by atoms with van der Waals surface area (Å²) in [6, 6.07) is 9.45. The van der Waals surface area contributed by atoms with Gasteiger partial charge in [-0.1, -0.05) is 23.7 Å². The van der Waals surface area contributed by atoms with E-state index in [1.54, 1.807) is 0 Å². The van der Waals surface area contributed by atoms with Crippen LogP contribution in [0.5, 0.6) is 11.5 Å². The van der Waals surface area contributed by atoms with Gasteiger partial charge in [-0.15, -0.1) is 0 Å². The minimum atomic E-state index is -5.39. The molecule has 0 atom stereocenters. The van der Waals surface area contributed by atoms with E-state index in [1.165, 1.54) is 36.5 Å². The molecular formula is C24H16ClF2N4O7P-2. The van der Waals surface area contributed by atoms with E-state index in [4.69, 9.17) is 22.1 Å². The van der Waals surface area contributed by atoms with Gasteiger partial charge in [0.2, 0.25) is 5.43 Å². The summed E-state index contributed by atoms with van der Waals surface area (Å²) in [5.74, 6) is -2.71. The number of pyridine rings is 2. The third-order valence-corrected chi connectivity index (χ3v) is 5.95. The molecule has 39 heavy (non-hydrogen) atoms. The molecule has 2 heterocycles. The molecule has 0 saturated carbocycles. The first kappa shape index (κ1) is 27.9. The van der Waals surface area contributed by atoms with Gasteiger partial charge in [0.1, 0.15) is 29.0 Å². The molecule has 0 aliphatic heterocycles. The smallest absolute Gasteiger partial charge is 0.261 e. The van der Waals surface area contributed by atoms with Crippen LogP contribution in [0.15, 0.2) is 71.9 Å². The van der Waals surface area contributed by atoms with Gasteiger partial charge in [-0.2, -0.15) is 0 Å². The summed E-state index contributed by atoms with van der Waals surface area (Å²) in [5, 5.41) is 2.33. The second-order valence-corrected chi connectivity index (χ2v) is 9.38. The Morgan fingerprint density at radius 2 is 1.82 bits per heavy atom. The van der Waals surface area contributed by atoms with E-state index in [1.807, 2.05) is 0 Å². The van der Waals surface area contributed by atoms with Crippen LogP contribution in [0, 0.1) is 11.6 Å². The lowest BCUT2D eigenvalue weighted by Crippen LogP contribution is -2.25. The average Bonchev–Trinajstić information content (AvgIpc) is 2.87. The molecule has 11 nitrogen and oxygen atoms in total. The van der Waals surface area contributed by atoms with E-state index in [9.17, 15) is 32.7 Å². The van der Waals surface area contributed by atoms with Crippen molar-refractivity contribution in [1.29, 1.82) is 0 Å². The summed E-state index contributed by atoms with van der Waals surface area (Å²) in [6.07, 6.45) is 3.39. The topological polar surface area (TPSA) is 172 Å². The second-order valence-electron chi connectivity index (χ2n) is 7.85. The van der Waals surface area contributed by atoms with Crippen molar-refractivity contribution in [3.63, 3.8) is 0 Å². The van der Waals surface area contributed by atoms with Crippen LogP contribution in [0.1, 0.15) is 10.4 Å². The highest BCUT2D eigenvalue weighted by Crippen LogP contribution is 2.34. The number of rotatable bonds is 8. The Balaban J connectivity index is 1.63. The fourth-order valence-corrected chi connectivity index (χ4v) is 3.76. The van der Waals surface area contributed by atoms with E-state index >= 15 is 0 Å². The van der Waals surface area contributed by atoms with Gasteiger partial charge in [0.05, 0.1) is 7.82 Å². The molecule has 202 valence electrons. The highest BCUT2D eigenvalue weighted by molar-refractivity contribution is 7.43. The van der Waals surface area contributed by atoms with Crippen molar-refractivity contribution in [3.8, 4) is 22.6 Å². The van der Waals surface area contributed by atoms with Gasteiger partial charge in [0.25, 0.3) is 5.91 Å². The van der Waals surface area contributed by atoms with Crippen LogP contribution in [0.3, 0.4) is 0 Å². The van der Waals surface area contributed by atoms with E-state index in [-0.39, 0.29) is 39.2 Å². The Hall–Kier alpha value is -4.13. The number of nitrogens with one attached hydrogen (secondary N) is 1. The SMILES string of the molecule is Nc1nccc(Oc2ccc(NC(=O)c3cn(COP(=O)([O-])[O-])cc(-c4ccc(F)cc4)c3=O)cc2F)c1Cl. The molecule has 0 aliphatic carbocycles. The van der Waals surface area contributed by atoms with Gasteiger partial charge in [-0.3, -0.25) is 9.59 Å². The number of aromatic nitrogens is 2. The number of ether oxygens (including phenoxy) is 1. The van der Waals surface area contributed by atoms with Crippen molar-refractivity contribution in [2.75, 3.05) is 11.1 Å². The quantitative estimate of drug-likeness (QED) is 0.299. The van der Waals surface area contributed by atoms with Gasteiger partial charge >= 0.3 is 0 Å². The molecular weight excluding hydrogens is 561 g/mol. The number of phosphoric acid groups is 1. The number of benzene rings is 2. The van der Waals surface area contributed by atoms with E-state index < -0.39 is 43.1 Å². The van der Waals surface area contributed by atoms with Crippen molar-refractivity contribution in [1.82, 2.24) is 9.55 Å². The molecule has 4 rings (SSSR count). The van der Waals surface area contributed by atoms with Crippen molar-refractivity contribution < 1.29 is 37.2 Å². The summed E-state index contributed by atoms with van der Waals surface area (Å²) in [5.41, 5.74) is 4.29. The molecule has 0 aliphatic rings. The first-order valence-electron chi connectivity index (χ1n) is 10.8. The summed E-state index contributed by atoms with van der Waals surface area (Å²) < 4.78 is 49.7. The standard InChI is InChI=1S/C24H18ClF2N4O7P/c25-21-20(7-8-29-23(21)28)38-19-6-5-15(9-18(19)27)30-24(33)17-11-31(12-37-39(34,35)36)10-16(22(17)32)13-1-3-14(26)4-2-13/h1-11H,12H2,(H2,28,29)(H,30,33)(H2,34,35,36)/p-2. The van der Waals surface area contributed by atoms with Crippen molar-refractivity contribution in [3.05, 3.63) is 99.6 Å². The van der Waals surface area contributed by atoms with Crippen LogP contribution in [0.25, 0.3) is 11.1 Å². The molecule has 4 aromatic rings. The van der Waals surface area contributed by atoms with Crippen LogP contribution >= 0.6 is 19.4 Å². The number of hydrogen-bond donors (Lipinski definition) is 2. The number of phosphoric ester groups is 1. The number of nitrogens with zero attached hydrogens (tertiary/aromatic N) is 2. The molecule has 1 amide bonds. The third-order valence-electron chi connectivity index (χ3n) is 5.13. The van der Waals surface area contributed by atoms with Crippen LogP contribution in [-0.2, 0) is 15.8 Å². The minimum Gasteiger partial charge on any atom is -0.790 e. The highest BCUT2D eigenvalue weighted by atomic mass is 35.5. The Morgan fingerprint density at radius 3 is 2.49 bits per heavy atom. The van der Waals surface area contributed by atoms with Crippen molar-refractivity contribution >= 4 is 36.8 Å². The first-order valence-corrected chi connectivity index (χ1v) is 12.6. The summed E-state index contributed by atoms with van der Waals surface area (Å²) in [6.45, 7) is -0.845. The zero-order valence-corrected chi connectivity index (χ0v) is 21.1. The molecule has 0 bridgehead atoms. The highest BCUT2D eigenvalue weighted by Gasteiger charge is 2.18. The summed E-state index contributed by atoms with van der Waals surface area (Å²) >= 11 is 6.00. The van der Waals surface area contributed by atoms with Gasteiger partial charge in [0.15, 0.2) is 17.3 Å². The van der Waals surface area contributed by atoms with E-state index in [2.05, 4.69) is 14.8 Å². The van der Waals surface area contributed by atoms with Gasteiger partial charge in [-0.25, -0.2) is 13.8 Å². The lowest BCUT2D eigenvalue weighted by molar-refractivity contribution is -0.344. The predicted octanol–water partition coefficient (Wildman–Crippen LogP) is 3.27. The molecule has 0 spiro atoms. The lowest BCUT2D eigenvalue weighted by atomic mass is 10.0. The Morgan fingerprint density at radius 1 is 1.10 bits per heavy atom. The fourth-order valence-electron chi connectivity index (χ4n) is 3.34. The number of nitrogen functional groups attached to an aromatic ring is 1. The lowest BCUT2D eigenvalue weighted by Gasteiger charge is -2.29. The third kappa shape index (κ3) is 6.85. The minimum absolute atomic E-state index is 0.0225. The number of amides is 1. The number of carbonyl (C=O) groups excluding carboxylic acids is 1. The monoisotopic (exact) mass is 576 g/mol. The Labute approximate surface area is 223 Å². The number of halogens is 3. The molecule has 2 aromatic heterocycles. The van der Waals surface area contributed by atoms with Crippen LogP contribution in [0.2, 0.25) is 5.02 Å². The number of carbonyl (C=O) groups is 1. The van der Waals surface area contributed by atoms with Crippen molar-refractivity contribution in [2.24, 2.45) is 0 Å². The van der Waals surface area contributed by atoms with Crippen LogP contribution in [-0.4, -0.2) is 15.5 Å². The normalized spacial score (nSPS) is 11.3. The van der Waals surface area contributed by atoms with E-state index in [0.29, 0.717) is 0 Å². The number of nitrogens with two attached hydrogens (primary N) is 1. The number of hydrogen-bond acceptors (Lipinski definition) is 9. The second kappa shape index (κ2) is 11.3. The Kier molecular flexibility index (Phi) is 8.09. The molecule has 0 unspecified atom stereocenters. The maximum Gasteiger partial charge on any atom is 0.261 e. The zero-order chi connectivity index (χ0) is 28.3. The van der Waals surface area contributed by atoms with Gasteiger partial charge in [-0.05, 0) is 29.8 Å².